The molecule has 2 nitrogen and oxygen atoms in total. The molecule has 0 atom stereocenters. The van der Waals surface area contributed by atoms with Crippen LogP contribution in [0.2, 0.25) is 0 Å². The smallest absolute Gasteiger partial charge is 0.200 e. The van der Waals surface area contributed by atoms with E-state index in [9.17, 15) is 8.78 Å². The summed E-state index contributed by atoms with van der Waals surface area (Å²) in [6, 6.07) is 4.09. The van der Waals surface area contributed by atoms with Crippen LogP contribution in [0.3, 0.4) is 0 Å². The van der Waals surface area contributed by atoms with Crippen molar-refractivity contribution >= 4 is 0 Å². The summed E-state index contributed by atoms with van der Waals surface area (Å²) in [5.74, 6) is -1.69. The quantitative estimate of drug-likeness (QED) is 0.763. The number of benzene rings is 1. The second kappa shape index (κ2) is 6.33. The van der Waals surface area contributed by atoms with Crippen molar-refractivity contribution < 1.29 is 13.5 Å². The van der Waals surface area contributed by atoms with Gasteiger partial charge in [0, 0.05) is 0 Å². The molecule has 1 aromatic rings. The third-order valence-electron chi connectivity index (χ3n) is 3.69. The Bertz CT molecular complexity index is 419. The van der Waals surface area contributed by atoms with E-state index in [1.807, 2.05) is 0 Å². The molecule has 0 saturated heterocycles. The molecule has 0 bridgehead atoms. The Morgan fingerprint density at radius 2 is 2.05 bits per heavy atom. The summed E-state index contributed by atoms with van der Waals surface area (Å²) in [7, 11) is 0. The van der Waals surface area contributed by atoms with E-state index in [0.29, 0.717) is 0 Å². The molecule has 0 unspecified atom stereocenters. The normalized spacial score (nSPS) is 17.0. The van der Waals surface area contributed by atoms with Gasteiger partial charge in [0.05, 0.1) is 0 Å². The standard InChI is InChI=1S/C15H21F2NO/c1-2-10-18-11-9-15(7-4-8-15)19-13-6-3-5-12(16)14(13)17/h3,5-6,18H,2,4,7-11H2,1H3. The predicted molar refractivity (Wildman–Crippen MR) is 71.3 cm³/mol. The average molecular weight is 269 g/mol. The third-order valence-corrected chi connectivity index (χ3v) is 3.69. The van der Waals surface area contributed by atoms with Crippen LogP contribution in [-0.4, -0.2) is 18.7 Å². The van der Waals surface area contributed by atoms with Crippen LogP contribution < -0.4 is 10.1 Å². The van der Waals surface area contributed by atoms with Gasteiger partial charge in [0.2, 0.25) is 5.82 Å². The fourth-order valence-corrected chi connectivity index (χ4v) is 2.39. The molecular formula is C15H21F2NO. The highest BCUT2D eigenvalue weighted by Gasteiger charge is 2.39. The van der Waals surface area contributed by atoms with Crippen LogP contribution in [0.1, 0.15) is 39.0 Å². The zero-order valence-electron chi connectivity index (χ0n) is 11.3. The minimum absolute atomic E-state index is 0.0372. The van der Waals surface area contributed by atoms with Gasteiger partial charge in [-0.3, -0.25) is 0 Å². The van der Waals surface area contributed by atoms with E-state index in [1.54, 1.807) is 0 Å². The zero-order valence-corrected chi connectivity index (χ0v) is 11.3. The molecule has 1 aliphatic carbocycles. The maximum atomic E-state index is 13.6. The highest BCUT2D eigenvalue weighted by molar-refractivity contribution is 5.26. The first kappa shape index (κ1) is 14.3. The largest absolute Gasteiger partial charge is 0.484 e. The minimum Gasteiger partial charge on any atom is -0.484 e. The number of ether oxygens (including phenoxy) is 1. The lowest BCUT2D eigenvalue weighted by Gasteiger charge is -2.42. The molecule has 0 amide bonds. The van der Waals surface area contributed by atoms with Crippen molar-refractivity contribution in [3.05, 3.63) is 29.8 Å². The monoisotopic (exact) mass is 269 g/mol. The average Bonchev–Trinajstić information content (AvgIpc) is 2.36. The molecule has 0 aliphatic heterocycles. The van der Waals surface area contributed by atoms with E-state index >= 15 is 0 Å². The van der Waals surface area contributed by atoms with E-state index in [4.69, 9.17) is 4.74 Å². The van der Waals surface area contributed by atoms with Gasteiger partial charge in [-0.15, -0.1) is 0 Å². The summed E-state index contributed by atoms with van der Waals surface area (Å²) < 4.78 is 32.6. The van der Waals surface area contributed by atoms with Gasteiger partial charge in [0.1, 0.15) is 5.60 Å². The molecular weight excluding hydrogens is 248 g/mol. The molecule has 1 fully saturated rings. The van der Waals surface area contributed by atoms with Crippen LogP contribution >= 0.6 is 0 Å². The van der Waals surface area contributed by atoms with Gasteiger partial charge in [0.15, 0.2) is 11.6 Å². The van der Waals surface area contributed by atoms with E-state index in [0.717, 1.165) is 51.3 Å². The molecule has 4 heteroatoms. The zero-order chi connectivity index (χ0) is 13.7. The predicted octanol–water partition coefficient (Wildman–Crippen LogP) is 3.66. The molecule has 1 aromatic carbocycles. The van der Waals surface area contributed by atoms with Gasteiger partial charge in [-0.1, -0.05) is 13.0 Å². The van der Waals surface area contributed by atoms with Gasteiger partial charge >= 0.3 is 0 Å². The maximum absolute atomic E-state index is 13.6. The van der Waals surface area contributed by atoms with Crippen molar-refractivity contribution in [2.75, 3.05) is 13.1 Å². The Morgan fingerprint density at radius 1 is 1.26 bits per heavy atom. The lowest BCUT2D eigenvalue weighted by molar-refractivity contribution is -0.0175. The topological polar surface area (TPSA) is 21.3 Å². The Morgan fingerprint density at radius 3 is 2.68 bits per heavy atom. The lowest BCUT2D eigenvalue weighted by Crippen LogP contribution is -2.45. The molecule has 0 radical (unpaired) electrons. The van der Waals surface area contributed by atoms with Crippen LogP contribution in [0.5, 0.6) is 5.75 Å². The van der Waals surface area contributed by atoms with Crippen molar-refractivity contribution in [1.82, 2.24) is 5.32 Å². The Balaban J connectivity index is 1.96. The number of halogens is 2. The second-order valence-electron chi connectivity index (χ2n) is 5.19. The number of hydrogen-bond donors (Lipinski definition) is 1. The molecule has 0 heterocycles. The first-order chi connectivity index (χ1) is 9.17. The molecule has 1 aliphatic rings. The Labute approximate surface area is 113 Å². The molecule has 0 spiro atoms. The molecule has 106 valence electrons. The van der Waals surface area contributed by atoms with Crippen LogP contribution in [0.25, 0.3) is 0 Å². The van der Waals surface area contributed by atoms with Crippen LogP contribution in [0.15, 0.2) is 18.2 Å². The van der Waals surface area contributed by atoms with Gasteiger partial charge < -0.3 is 10.1 Å². The van der Waals surface area contributed by atoms with Gasteiger partial charge in [0.25, 0.3) is 0 Å². The summed E-state index contributed by atoms with van der Waals surface area (Å²) in [6.07, 6.45) is 4.84. The van der Waals surface area contributed by atoms with Crippen molar-refractivity contribution in [1.29, 1.82) is 0 Å². The number of hydrogen-bond acceptors (Lipinski definition) is 2. The van der Waals surface area contributed by atoms with Crippen molar-refractivity contribution in [2.24, 2.45) is 0 Å². The fraction of sp³-hybridized carbons (Fsp3) is 0.600. The Kier molecular flexibility index (Phi) is 4.75. The molecule has 1 saturated carbocycles. The highest BCUT2D eigenvalue weighted by Crippen LogP contribution is 2.40. The Hall–Kier alpha value is -1.16. The summed E-state index contributed by atoms with van der Waals surface area (Å²) in [5.41, 5.74) is -0.310. The highest BCUT2D eigenvalue weighted by atomic mass is 19.2. The van der Waals surface area contributed by atoms with E-state index in [2.05, 4.69) is 12.2 Å². The van der Waals surface area contributed by atoms with Crippen LogP contribution in [0.4, 0.5) is 8.78 Å². The maximum Gasteiger partial charge on any atom is 0.200 e. The van der Waals surface area contributed by atoms with Crippen molar-refractivity contribution in [2.45, 2.75) is 44.6 Å². The summed E-state index contributed by atoms with van der Waals surface area (Å²) in [4.78, 5) is 0. The molecule has 0 aromatic heterocycles. The van der Waals surface area contributed by atoms with Gasteiger partial charge in [-0.2, -0.15) is 4.39 Å². The van der Waals surface area contributed by atoms with Crippen molar-refractivity contribution in [3.63, 3.8) is 0 Å². The van der Waals surface area contributed by atoms with Crippen LogP contribution in [-0.2, 0) is 0 Å². The van der Waals surface area contributed by atoms with E-state index in [-0.39, 0.29) is 11.4 Å². The minimum atomic E-state index is -0.879. The second-order valence-corrected chi connectivity index (χ2v) is 5.19. The molecule has 19 heavy (non-hydrogen) atoms. The SMILES string of the molecule is CCCNCCC1(Oc2cccc(F)c2F)CCC1. The third kappa shape index (κ3) is 3.44. The first-order valence-electron chi connectivity index (χ1n) is 7.01. The first-order valence-corrected chi connectivity index (χ1v) is 7.01. The fourth-order valence-electron chi connectivity index (χ4n) is 2.39. The summed E-state index contributed by atoms with van der Waals surface area (Å²) in [5, 5.41) is 3.32. The summed E-state index contributed by atoms with van der Waals surface area (Å²) >= 11 is 0. The van der Waals surface area contributed by atoms with E-state index < -0.39 is 11.6 Å². The van der Waals surface area contributed by atoms with Gasteiger partial charge in [-0.25, -0.2) is 4.39 Å². The number of rotatable bonds is 7. The summed E-state index contributed by atoms with van der Waals surface area (Å²) in [6.45, 7) is 3.94. The van der Waals surface area contributed by atoms with Crippen LogP contribution in [0, 0.1) is 11.6 Å². The number of nitrogens with one attached hydrogen (secondary N) is 1. The molecule has 2 rings (SSSR count). The van der Waals surface area contributed by atoms with E-state index in [1.165, 1.54) is 12.1 Å². The molecule has 1 N–H and O–H groups in total. The lowest BCUT2D eigenvalue weighted by atomic mass is 9.77. The van der Waals surface area contributed by atoms with Gasteiger partial charge in [-0.05, 0) is 57.3 Å². The van der Waals surface area contributed by atoms with Crippen molar-refractivity contribution in [3.8, 4) is 5.75 Å².